The molecule has 0 aromatic rings. The monoisotopic (exact) mass is 367 g/mol. The van der Waals surface area contributed by atoms with Gasteiger partial charge in [0.2, 0.25) is 0 Å². The standard InChI is InChI=1S/C21H37NO4/c1-20(2,3)22-15-19(16-22)25-12-11-23-9-7-8-10-24-17-13-18(14-17)26-21(4,5)6/h17-19H,9-16H2,1-6H3. The highest BCUT2D eigenvalue weighted by Gasteiger charge is 2.35. The molecule has 0 unspecified atom stereocenters. The zero-order valence-electron chi connectivity index (χ0n) is 17.5. The van der Waals surface area contributed by atoms with Gasteiger partial charge in [0.15, 0.2) is 0 Å². The van der Waals surface area contributed by atoms with Crippen LogP contribution in [0.25, 0.3) is 0 Å². The van der Waals surface area contributed by atoms with E-state index in [9.17, 15) is 0 Å². The van der Waals surface area contributed by atoms with E-state index in [0.29, 0.717) is 44.7 Å². The summed E-state index contributed by atoms with van der Waals surface area (Å²) in [5, 5.41) is 0. The Balaban J connectivity index is 1.37. The molecule has 5 nitrogen and oxygen atoms in total. The third-order valence-corrected chi connectivity index (χ3v) is 4.64. The molecule has 0 radical (unpaired) electrons. The summed E-state index contributed by atoms with van der Waals surface area (Å²) in [6.07, 6.45) is 2.93. The Kier molecular flexibility index (Phi) is 7.93. The van der Waals surface area contributed by atoms with Gasteiger partial charge in [-0.1, -0.05) is 11.8 Å². The lowest BCUT2D eigenvalue weighted by molar-refractivity contribution is -0.144. The number of likely N-dealkylation sites (tertiary alicyclic amines) is 1. The van der Waals surface area contributed by atoms with Gasteiger partial charge in [-0.15, -0.1) is 0 Å². The van der Waals surface area contributed by atoms with Gasteiger partial charge in [-0.05, 0) is 41.5 Å². The summed E-state index contributed by atoms with van der Waals surface area (Å²) in [6.45, 7) is 17.1. The second kappa shape index (κ2) is 9.52. The highest BCUT2D eigenvalue weighted by atomic mass is 16.5. The van der Waals surface area contributed by atoms with E-state index in [2.05, 4.69) is 58.3 Å². The molecule has 0 aromatic carbocycles. The van der Waals surface area contributed by atoms with Gasteiger partial charge in [0.25, 0.3) is 0 Å². The van der Waals surface area contributed by atoms with Crippen LogP contribution in [0.15, 0.2) is 0 Å². The van der Waals surface area contributed by atoms with Crippen LogP contribution in [-0.4, -0.2) is 73.9 Å². The Morgan fingerprint density at radius 2 is 1.46 bits per heavy atom. The lowest BCUT2D eigenvalue weighted by Crippen LogP contribution is -2.59. The highest BCUT2D eigenvalue weighted by molar-refractivity contribution is 5.00. The zero-order valence-corrected chi connectivity index (χ0v) is 17.5. The van der Waals surface area contributed by atoms with E-state index >= 15 is 0 Å². The van der Waals surface area contributed by atoms with Crippen molar-refractivity contribution >= 4 is 0 Å². The van der Waals surface area contributed by atoms with E-state index in [1.165, 1.54) is 0 Å². The molecule has 2 aliphatic rings. The second-order valence-corrected chi connectivity index (χ2v) is 9.23. The second-order valence-electron chi connectivity index (χ2n) is 9.23. The molecule has 1 saturated carbocycles. The third kappa shape index (κ3) is 7.94. The Morgan fingerprint density at radius 1 is 0.808 bits per heavy atom. The largest absolute Gasteiger partial charge is 0.373 e. The average molecular weight is 368 g/mol. The zero-order chi connectivity index (χ0) is 19.2. The molecule has 26 heavy (non-hydrogen) atoms. The van der Waals surface area contributed by atoms with Crippen molar-refractivity contribution in [2.45, 2.75) is 83.8 Å². The topological polar surface area (TPSA) is 40.2 Å². The Hall–Kier alpha value is -0.640. The summed E-state index contributed by atoms with van der Waals surface area (Å²) in [5.74, 6) is 6.00. The summed E-state index contributed by atoms with van der Waals surface area (Å²) in [5.41, 5.74) is 0.176. The SMILES string of the molecule is CC(C)(C)OC1CC(OCC#CCOCCOC2CN(C(C)(C)C)C2)C1. The van der Waals surface area contributed by atoms with E-state index < -0.39 is 0 Å². The molecule has 0 atom stereocenters. The first-order chi connectivity index (χ1) is 12.1. The average Bonchev–Trinajstić information content (AvgIpc) is 2.41. The molecule has 0 amide bonds. The minimum absolute atomic E-state index is 0.0683. The van der Waals surface area contributed by atoms with Crippen LogP contribution >= 0.6 is 0 Å². The van der Waals surface area contributed by atoms with Crippen LogP contribution in [0, 0.1) is 11.8 Å². The third-order valence-electron chi connectivity index (χ3n) is 4.64. The Bertz CT molecular complexity index is 471. The molecule has 1 aliphatic heterocycles. The molecule has 1 heterocycles. The number of rotatable bonds is 8. The van der Waals surface area contributed by atoms with Gasteiger partial charge in [0.05, 0.1) is 37.1 Å². The van der Waals surface area contributed by atoms with Crippen LogP contribution in [0.2, 0.25) is 0 Å². The van der Waals surface area contributed by atoms with Gasteiger partial charge >= 0.3 is 0 Å². The van der Waals surface area contributed by atoms with Gasteiger partial charge in [-0.2, -0.15) is 0 Å². The highest BCUT2D eigenvalue weighted by Crippen LogP contribution is 2.29. The molecule has 2 rings (SSSR count). The van der Waals surface area contributed by atoms with Crippen LogP contribution in [0.5, 0.6) is 0 Å². The minimum atomic E-state index is -0.0683. The van der Waals surface area contributed by atoms with Crippen LogP contribution in [0.3, 0.4) is 0 Å². The fraction of sp³-hybridized carbons (Fsp3) is 0.905. The smallest absolute Gasteiger partial charge is 0.108 e. The molecule has 0 N–H and O–H groups in total. The van der Waals surface area contributed by atoms with Crippen molar-refractivity contribution in [1.29, 1.82) is 0 Å². The number of hydrogen-bond donors (Lipinski definition) is 0. The maximum atomic E-state index is 5.89. The number of nitrogens with zero attached hydrogens (tertiary/aromatic N) is 1. The minimum Gasteiger partial charge on any atom is -0.373 e. The van der Waals surface area contributed by atoms with E-state index in [1.54, 1.807) is 0 Å². The van der Waals surface area contributed by atoms with Crippen molar-refractivity contribution < 1.29 is 18.9 Å². The summed E-state index contributed by atoms with van der Waals surface area (Å²) in [4.78, 5) is 2.42. The van der Waals surface area contributed by atoms with Gasteiger partial charge in [0, 0.05) is 31.5 Å². The number of ether oxygens (including phenoxy) is 4. The van der Waals surface area contributed by atoms with Crippen LogP contribution in [0.1, 0.15) is 54.4 Å². The molecule has 0 bridgehead atoms. The van der Waals surface area contributed by atoms with Crippen molar-refractivity contribution in [3.63, 3.8) is 0 Å². The van der Waals surface area contributed by atoms with Gasteiger partial charge in [-0.25, -0.2) is 0 Å². The summed E-state index contributed by atoms with van der Waals surface area (Å²) < 4.78 is 22.8. The molecular weight excluding hydrogens is 330 g/mol. The van der Waals surface area contributed by atoms with Gasteiger partial charge < -0.3 is 18.9 Å². The summed E-state index contributed by atoms with van der Waals surface area (Å²) in [6, 6.07) is 0. The van der Waals surface area contributed by atoms with Crippen molar-refractivity contribution in [3.8, 4) is 11.8 Å². The van der Waals surface area contributed by atoms with Crippen LogP contribution in [0.4, 0.5) is 0 Å². The van der Waals surface area contributed by atoms with Crippen LogP contribution in [-0.2, 0) is 18.9 Å². The first-order valence-electron chi connectivity index (χ1n) is 9.83. The normalized spacial score (nSPS) is 24.5. The maximum absolute atomic E-state index is 5.89. The molecule has 1 saturated heterocycles. The van der Waals surface area contributed by atoms with Crippen molar-refractivity contribution in [1.82, 2.24) is 4.90 Å². The molecule has 0 aromatic heterocycles. The van der Waals surface area contributed by atoms with E-state index in [1.807, 2.05) is 0 Å². The van der Waals surface area contributed by atoms with Crippen LogP contribution < -0.4 is 0 Å². The quantitative estimate of drug-likeness (QED) is 0.487. The van der Waals surface area contributed by atoms with Crippen molar-refractivity contribution in [2.75, 3.05) is 39.5 Å². The summed E-state index contributed by atoms with van der Waals surface area (Å²) >= 11 is 0. The molecule has 0 spiro atoms. The van der Waals surface area contributed by atoms with Gasteiger partial charge in [-0.3, -0.25) is 4.90 Å². The first kappa shape index (κ1) is 21.7. The van der Waals surface area contributed by atoms with E-state index in [4.69, 9.17) is 18.9 Å². The van der Waals surface area contributed by atoms with Crippen molar-refractivity contribution in [3.05, 3.63) is 0 Å². The van der Waals surface area contributed by atoms with E-state index in [0.717, 1.165) is 25.9 Å². The van der Waals surface area contributed by atoms with Crippen molar-refractivity contribution in [2.24, 2.45) is 0 Å². The molecule has 150 valence electrons. The fourth-order valence-electron chi connectivity index (χ4n) is 3.00. The lowest BCUT2D eigenvalue weighted by atomic mass is 9.91. The Morgan fingerprint density at radius 3 is 2.08 bits per heavy atom. The predicted octanol–water partition coefficient (Wildman–Crippen LogP) is 2.87. The number of hydrogen-bond acceptors (Lipinski definition) is 5. The maximum Gasteiger partial charge on any atom is 0.108 e. The molecule has 1 aliphatic carbocycles. The summed E-state index contributed by atoms with van der Waals surface area (Å²) in [7, 11) is 0. The Labute approximate surface area is 159 Å². The van der Waals surface area contributed by atoms with Gasteiger partial charge in [0.1, 0.15) is 13.2 Å². The first-order valence-corrected chi connectivity index (χ1v) is 9.83. The van der Waals surface area contributed by atoms with E-state index in [-0.39, 0.29) is 11.1 Å². The molecular formula is C21H37NO4. The lowest BCUT2D eigenvalue weighted by Gasteiger charge is -2.47. The fourth-order valence-corrected chi connectivity index (χ4v) is 3.00. The molecule has 2 fully saturated rings. The molecule has 5 heteroatoms. The predicted molar refractivity (Wildman–Crippen MR) is 103 cm³/mol.